The van der Waals surface area contributed by atoms with Gasteiger partial charge in [-0.1, -0.05) is 30.4 Å². The van der Waals surface area contributed by atoms with Gasteiger partial charge in [0.1, 0.15) is 0 Å². The standard InChI is InChI=1S/C20H22N2O3/c1-12-5-6-16(14(3)9-12)22-20-15(4)10-13(2)11-17(20)21-18(23)7-8-19(24)25/h5-6,9-11H,4,7-8H2,1-3H3,(H,21,23)(H,24,25)/b22-20+. The summed E-state index contributed by atoms with van der Waals surface area (Å²) in [6.07, 6.45) is 3.42. The molecular formula is C20H22N2O3. The Kier molecular flexibility index (Phi) is 5.70. The first-order valence-electron chi connectivity index (χ1n) is 8.03. The van der Waals surface area contributed by atoms with Gasteiger partial charge < -0.3 is 10.4 Å². The van der Waals surface area contributed by atoms with Crippen LogP contribution in [0.2, 0.25) is 0 Å². The van der Waals surface area contributed by atoms with Crippen LogP contribution in [-0.4, -0.2) is 22.7 Å². The van der Waals surface area contributed by atoms with Crippen LogP contribution in [-0.2, 0) is 9.59 Å². The molecular weight excluding hydrogens is 316 g/mol. The first kappa shape index (κ1) is 18.4. The Morgan fingerprint density at radius 1 is 1.16 bits per heavy atom. The average Bonchev–Trinajstić information content (AvgIpc) is 2.50. The van der Waals surface area contributed by atoms with Crippen molar-refractivity contribution < 1.29 is 14.7 Å². The molecule has 1 aromatic rings. The van der Waals surface area contributed by atoms with Gasteiger partial charge in [0.05, 0.1) is 23.5 Å². The number of aliphatic carboxylic acids is 1. The second-order valence-corrected chi connectivity index (χ2v) is 6.16. The molecule has 5 nitrogen and oxygen atoms in total. The molecule has 5 heteroatoms. The number of hydrogen-bond donors (Lipinski definition) is 2. The number of allylic oxidation sites excluding steroid dienone is 4. The molecule has 1 aromatic carbocycles. The number of carboxylic acids is 1. The second-order valence-electron chi connectivity index (χ2n) is 6.16. The lowest BCUT2D eigenvalue weighted by Gasteiger charge is -2.18. The smallest absolute Gasteiger partial charge is 0.303 e. The summed E-state index contributed by atoms with van der Waals surface area (Å²) in [5.41, 5.74) is 5.76. The molecule has 2 rings (SSSR count). The predicted octanol–water partition coefficient (Wildman–Crippen LogP) is 3.76. The van der Waals surface area contributed by atoms with Gasteiger partial charge in [0.15, 0.2) is 0 Å². The van der Waals surface area contributed by atoms with Crippen molar-refractivity contribution in [1.29, 1.82) is 0 Å². The fourth-order valence-corrected chi connectivity index (χ4v) is 2.57. The van der Waals surface area contributed by atoms with E-state index in [0.29, 0.717) is 17.0 Å². The summed E-state index contributed by atoms with van der Waals surface area (Å²) in [4.78, 5) is 27.3. The summed E-state index contributed by atoms with van der Waals surface area (Å²) >= 11 is 0. The Hall–Kier alpha value is -2.95. The number of aryl methyl sites for hydroxylation is 2. The molecule has 1 aliphatic carbocycles. The van der Waals surface area contributed by atoms with Crippen molar-refractivity contribution in [3.8, 4) is 0 Å². The quantitative estimate of drug-likeness (QED) is 0.858. The monoisotopic (exact) mass is 338 g/mol. The third kappa shape index (κ3) is 5.01. The van der Waals surface area contributed by atoms with E-state index in [1.54, 1.807) is 0 Å². The van der Waals surface area contributed by atoms with E-state index in [4.69, 9.17) is 5.11 Å². The molecule has 0 spiro atoms. The summed E-state index contributed by atoms with van der Waals surface area (Å²) in [5.74, 6) is -1.36. The Bertz CT molecular complexity index is 829. The van der Waals surface area contributed by atoms with Gasteiger partial charge in [-0.15, -0.1) is 0 Å². The van der Waals surface area contributed by atoms with Crippen LogP contribution in [0.25, 0.3) is 0 Å². The van der Waals surface area contributed by atoms with E-state index in [9.17, 15) is 9.59 Å². The van der Waals surface area contributed by atoms with E-state index in [-0.39, 0.29) is 18.7 Å². The highest BCUT2D eigenvalue weighted by Gasteiger charge is 2.18. The van der Waals surface area contributed by atoms with Crippen LogP contribution >= 0.6 is 0 Å². The van der Waals surface area contributed by atoms with Crippen LogP contribution in [0.1, 0.15) is 30.9 Å². The zero-order chi connectivity index (χ0) is 18.6. The van der Waals surface area contributed by atoms with Crippen LogP contribution < -0.4 is 5.32 Å². The van der Waals surface area contributed by atoms with Crippen molar-refractivity contribution in [2.24, 2.45) is 4.99 Å². The predicted molar refractivity (Wildman–Crippen MR) is 99.0 cm³/mol. The number of hydrogen-bond acceptors (Lipinski definition) is 3. The zero-order valence-corrected chi connectivity index (χ0v) is 14.7. The van der Waals surface area contributed by atoms with Gasteiger partial charge in [-0.25, -0.2) is 4.99 Å². The molecule has 1 aliphatic rings. The molecule has 0 bridgehead atoms. The summed E-state index contributed by atoms with van der Waals surface area (Å²) in [6.45, 7) is 9.93. The maximum absolute atomic E-state index is 12.0. The minimum Gasteiger partial charge on any atom is -0.481 e. The maximum atomic E-state index is 12.0. The number of amides is 1. The Balaban J connectivity index is 2.32. The molecule has 0 atom stereocenters. The van der Waals surface area contributed by atoms with E-state index in [1.807, 2.05) is 51.1 Å². The Morgan fingerprint density at radius 3 is 2.52 bits per heavy atom. The van der Waals surface area contributed by atoms with Crippen molar-refractivity contribution >= 4 is 23.3 Å². The van der Waals surface area contributed by atoms with E-state index < -0.39 is 5.97 Å². The van der Waals surface area contributed by atoms with Crippen LogP contribution in [0.4, 0.5) is 5.69 Å². The molecule has 0 fully saturated rings. The number of carboxylic acid groups (broad SMARTS) is 1. The number of nitrogens with zero attached hydrogens (tertiary/aromatic N) is 1. The third-order valence-electron chi connectivity index (χ3n) is 3.76. The first-order chi connectivity index (χ1) is 11.8. The van der Waals surface area contributed by atoms with Gasteiger partial charge in [0.25, 0.3) is 0 Å². The highest BCUT2D eigenvalue weighted by atomic mass is 16.4. The van der Waals surface area contributed by atoms with Crippen LogP contribution in [0.15, 0.2) is 58.8 Å². The fraction of sp³-hybridized carbons (Fsp3) is 0.250. The first-order valence-corrected chi connectivity index (χ1v) is 8.03. The van der Waals surface area contributed by atoms with Crippen molar-refractivity contribution in [3.63, 3.8) is 0 Å². The topological polar surface area (TPSA) is 78.8 Å². The van der Waals surface area contributed by atoms with Crippen LogP contribution in [0.5, 0.6) is 0 Å². The highest BCUT2D eigenvalue weighted by molar-refractivity contribution is 6.17. The minimum absolute atomic E-state index is 0.0846. The number of benzene rings is 1. The van der Waals surface area contributed by atoms with Crippen molar-refractivity contribution in [3.05, 3.63) is 64.9 Å². The van der Waals surface area contributed by atoms with Gasteiger partial charge in [0.2, 0.25) is 5.91 Å². The van der Waals surface area contributed by atoms with Crippen molar-refractivity contribution in [2.75, 3.05) is 0 Å². The number of carbonyl (C=O) groups excluding carboxylic acids is 1. The molecule has 0 aliphatic heterocycles. The molecule has 130 valence electrons. The van der Waals surface area contributed by atoms with Gasteiger partial charge in [0, 0.05) is 6.42 Å². The fourth-order valence-electron chi connectivity index (χ4n) is 2.57. The third-order valence-corrected chi connectivity index (χ3v) is 3.76. The molecule has 0 saturated carbocycles. The van der Waals surface area contributed by atoms with Gasteiger partial charge in [-0.2, -0.15) is 0 Å². The molecule has 0 unspecified atom stereocenters. The molecule has 1 amide bonds. The van der Waals surface area contributed by atoms with Crippen molar-refractivity contribution in [2.45, 2.75) is 33.6 Å². The van der Waals surface area contributed by atoms with E-state index in [2.05, 4.69) is 16.9 Å². The number of aliphatic imine (C=N–C) groups is 1. The number of rotatable bonds is 5. The summed E-state index contributed by atoms with van der Waals surface area (Å²) < 4.78 is 0. The molecule has 0 aromatic heterocycles. The average molecular weight is 338 g/mol. The van der Waals surface area contributed by atoms with Gasteiger partial charge >= 0.3 is 5.97 Å². The lowest BCUT2D eigenvalue weighted by Crippen LogP contribution is -2.29. The number of carbonyl (C=O) groups is 2. The summed E-state index contributed by atoms with van der Waals surface area (Å²) in [5, 5.41) is 11.5. The Morgan fingerprint density at radius 2 is 1.88 bits per heavy atom. The lowest BCUT2D eigenvalue weighted by atomic mass is 9.98. The largest absolute Gasteiger partial charge is 0.481 e. The maximum Gasteiger partial charge on any atom is 0.303 e. The Labute approximate surface area is 147 Å². The molecule has 0 heterocycles. The zero-order valence-electron chi connectivity index (χ0n) is 14.7. The molecule has 25 heavy (non-hydrogen) atoms. The van der Waals surface area contributed by atoms with Crippen LogP contribution in [0.3, 0.4) is 0 Å². The van der Waals surface area contributed by atoms with Crippen LogP contribution in [0, 0.1) is 13.8 Å². The van der Waals surface area contributed by atoms with E-state index >= 15 is 0 Å². The molecule has 0 saturated heterocycles. The summed E-state index contributed by atoms with van der Waals surface area (Å²) in [6, 6.07) is 5.95. The SMILES string of the molecule is C=C1C=C(C)C=C(NC(=O)CCC(=O)O)/C1=N/c1ccc(C)cc1C. The summed E-state index contributed by atoms with van der Waals surface area (Å²) in [7, 11) is 0. The second kappa shape index (κ2) is 7.75. The van der Waals surface area contributed by atoms with Crippen molar-refractivity contribution in [1.82, 2.24) is 5.32 Å². The van der Waals surface area contributed by atoms with Gasteiger partial charge in [-0.05, 0) is 49.6 Å². The molecule has 0 radical (unpaired) electrons. The molecule has 2 N–H and O–H groups in total. The lowest BCUT2D eigenvalue weighted by molar-refractivity contribution is -0.138. The highest BCUT2D eigenvalue weighted by Crippen LogP contribution is 2.25. The van der Waals surface area contributed by atoms with E-state index in [1.165, 1.54) is 0 Å². The minimum atomic E-state index is -1.00. The number of nitrogens with one attached hydrogen (secondary N) is 1. The van der Waals surface area contributed by atoms with E-state index in [0.717, 1.165) is 22.4 Å². The van der Waals surface area contributed by atoms with Gasteiger partial charge in [-0.3, -0.25) is 9.59 Å². The normalized spacial score (nSPS) is 15.6.